The number of carbonyl (C=O) groups excluding carboxylic acids is 1. The van der Waals surface area contributed by atoms with Gasteiger partial charge in [-0.25, -0.2) is 4.39 Å². The van der Waals surface area contributed by atoms with Gasteiger partial charge in [-0.05, 0) is 47.8 Å². The molecule has 106 valence electrons. The molecule has 6 heteroatoms. The predicted molar refractivity (Wildman–Crippen MR) is 78.1 cm³/mol. The highest BCUT2D eigenvalue weighted by molar-refractivity contribution is 6.61. The highest BCUT2D eigenvalue weighted by Crippen LogP contribution is 2.14. The molecule has 1 heterocycles. The van der Waals surface area contributed by atoms with Crippen molar-refractivity contribution in [2.45, 2.75) is 6.42 Å². The van der Waals surface area contributed by atoms with E-state index in [1.165, 1.54) is 24.3 Å². The number of rotatable bonds is 2. The Morgan fingerprint density at radius 3 is 2.95 bits per heavy atom. The topological polar surface area (TPSA) is 58.6 Å². The summed E-state index contributed by atoms with van der Waals surface area (Å²) in [5.74, 6) is -0.863. The number of amides is 1. The fourth-order valence-electron chi connectivity index (χ4n) is 2.33. The summed E-state index contributed by atoms with van der Waals surface area (Å²) in [4.78, 5) is 12.0. The molecule has 2 aromatic carbocycles. The molecule has 21 heavy (non-hydrogen) atoms. The van der Waals surface area contributed by atoms with Crippen molar-refractivity contribution in [1.29, 1.82) is 0 Å². The third-order valence-electron chi connectivity index (χ3n) is 3.40. The number of hydrogen-bond donors (Lipinski definition) is 2. The van der Waals surface area contributed by atoms with Crippen LogP contribution in [0.15, 0.2) is 42.5 Å². The standard InChI is InChI=1S/C15H13BFNO3/c17-12-3-1-2-11(8-12)15(19)18-13-5-4-10-6-7-21-16(20)14(10)9-13/h1-5,8-9,20H,6-7H2,(H,18,19). The molecule has 0 bridgehead atoms. The van der Waals surface area contributed by atoms with Crippen molar-refractivity contribution in [1.82, 2.24) is 0 Å². The average Bonchev–Trinajstić information content (AvgIpc) is 2.48. The van der Waals surface area contributed by atoms with Crippen LogP contribution in [0.25, 0.3) is 0 Å². The zero-order valence-electron chi connectivity index (χ0n) is 11.2. The first kappa shape index (κ1) is 13.8. The van der Waals surface area contributed by atoms with Crippen molar-refractivity contribution in [3.8, 4) is 0 Å². The lowest BCUT2D eigenvalue weighted by molar-refractivity contribution is 0.102. The van der Waals surface area contributed by atoms with Crippen LogP contribution in [0.1, 0.15) is 15.9 Å². The Kier molecular flexibility index (Phi) is 3.73. The van der Waals surface area contributed by atoms with E-state index in [0.29, 0.717) is 17.8 Å². The molecule has 1 aliphatic rings. The van der Waals surface area contributed by atoms with Crippen molar-refractivity contribution in [3.05, 3.63) is 59.4 Å². The SMILES string of the molecule is O=C(Nc1ccc2c(c1)B(O)OCC2)c1cccc(F)c1. The van der Waals surface area contributed by atoms with Gasteiger partial charge in [0.2, 0.25) is 0 Å². The maximum atomic E-state index is 13.1. The number of hydrogen-bond acceptors (Lipinski definition) is 3. The van der Waals surface area contributed by atoms with Crippen LogP contribution < -0.4 is 10.8 Å². The minimum absolute atomic E-state index is 0.240. The fourth-order valence-corrected chi connectivity index (χ4v) is 2.33. The van der Waals surface area contributed by atoms with Crippen molar-refractivity contribution < 1.29 is 18.9 Å². The molecule has 0 unspecified atom stereocenters. The maximum Gasteiger partial charge on any atom is 0.491 e. The molecular weight excluding hydrogens is 272 g/mol. The molecule has 0 spiro atoms. The molecule has 0 fully saturated rings. The second kappa shape index (κ2) is 5.67. The van der Waals surface area contributed by atoms with Crippen LogP contribution in [-0.2, 0) is 11.1 Å². The van der Waals surface area contributed by atoms with Gasteiger partial charge in [-0.15, -0.1) is 0 Å². The highest BCUT2D eigenvalue weighted by Gasteiger charge is 2.25. The Hall–Kier alpha value is -2.18. The molecule has 4 nitrogen and oxygen atoms in total. The predicted octanol–water partition coefficient (Wildman–Crippen LogP) is 1.34. The molecule has 2 aromatic rings. The van der Waals surface area contributed by atoms with Crippen LogP contribution in [0, 0.1) is 5.82 Å². The first-order chi connectivity index (χ1) is 10.1. The van der Waals surface area contributed by atoms with Gasteiger partial charge in [0.25, 0.3) is 5.91 Å². The Balaban J connectivity index is 1.82. The first-order valence-electron chi connectivity index (χ1n) is 6.63. The lowest BCUT2D eigenvalue weighted by Crippen LogP contribution is -2.41. The number of benzene rings is 2. The average molecular weight is 285 g/mol. The Morgan fingerprint density at radius 1 is 1.29 bits per heavy atom. The van der Waals surface area contributed by atoms with Gasteiger partial charge in [0.05, 0.1) is 0 Å². The molecule has 1 aliphatic heterocycles. The van der Waals surface area contributed by atoms with E-state index in [9.17, 15) is 14.2 Å². The summed E-state index contributed by atoms with van der Waals surface area (Å²) < 4.78 is 18.3. The van der Waals surface area contributed by atoms with E-state index in [4.69, 9.17) is 4.65 Å². The van der Waals surface area contributed by atoms with E-state index in [0.717, 1.165) is 12.0 Å². The van der Waals surface area contributed by atoms with Gasteiger partial charge in [-0.3, -0.25) is 4.79 Å². The quantitative estimate of drug-likeness (QED) is 0.819. The Labute approximate surface area is 121 Å². The van der Waals surface area contributed by atoms with Crippen LogP contribution in [0.4, 0.5) is 10.1 Å². The van der Waals surface area contributed by atoms with Crippen LogP contribution >= 0.6 is 0 Å². The van der Waals surface area contributed by atoms with E-state index >= 15 is 0 Å². The molecule has 3 rings (SSSR count). The summed E-state index contributed by atoms with van der Waals surface area (Å²) in [5.41, 5.74) is 2.42. The summed E-state index contributed by atoms with van der Waals surface area (Å²) >= 11 is 0. The summed E-state index contributed by atoms with van der Waals surface area (Å²) in [6, 6.07) is 10.8. The lowest BCUT2D eigenvalue weighted by atomic mass is 9.73. The molecule has 1 amide bonds. The van der Waals surface area contributed by atoms with Crippen LogP contribution in [0.2, 0.25) is 0 Å². The minimum atomic E-state index is -0.972. The van der Waals surface area contributed by atoms with Crippen molar-refractivity contribution >= 4 is 24.2 Å². The number of fused-ring (bicyclic) bond motifs is 1. The Morgan fingerprint density at radius 2 is 2.14 bits per heavy atom. The van der Waals surface area contributed by atoms with Gasteiger partial charge >= 0.3 is 7.12 Å². The summed E-state index contributed by atoms with van der Waals surface area (Å²) in [6.45, 7) is 0.475. The maximum absolute atomic E-state index is 13.1. The van der Waals surface area contributed by atoms with E-state index in [1.807, 2.05) is 6.07 Å². The Bertz CT molecular complexity index is 692. The summed E-state index contributed by atoms with van der Waals surface area (Å²) in [6.07, 6.45) is 0.727. The third kappa shape index (κ3) is 2.96. The van der Waals surface area contributed by atoms with E-state index in [1.54, 1.807) is 12.1 Å². The minimum Gasteiger partial charge on any atom is -0.423 e. The summed E-state index contributed by atoms with van der Waals surface area (Å²) in [5, 5.41) is 12.5. The summed E-state index contributed by atoms with van der Waals surface area (Å²) in [7, 11) is -0.972. The molecule has 0 radical (unpaired) electrons. The lowest BCUT2D eigenvalue weighted by Gasteiger charge is -2.19. The van der Waals surface area contributed by atoms with E-state index in [-0.39, 0.29) is 5.56 Å². The normalized spacial score (nSPS) is 13.7. The van der Waals surface area contributed by atoms with Gasteiger partial charge in [0, 0.05) is 17.9 Å². The van der Waals surface area contributed by atoms with Crippen molar-refractivity contribution in [2.75, 3.05) is 11.9 Å². The number of nitrogens with one attached hydrogen (secondary N) is 1. The number of anilines is 1. The molecule has 0 atom stereocenters. The van der Waals surface area contributed by atoms with Crippen LogP contribution in [0.3, 0.4) is 0 Å². The van der Waals surface area contributed by atoms with Gasteiger partial charge in [-0.1, -0.05) is 12.1 Å². The molecular formula is C15H13BFNO3. The molecule has 0 saturated heterocycles. The van der Waals surface area contributed by atoms with Gasteiger partial charge in [0.15, 0.2) is 0 Å². The van der Waals surface area contributed by atoms with Crippen molar-refractivity contribution in [2.24, 2.45) is 0 Å². The van der Waals surface area contributed by atoms with Gasteiger partial charge in [-0.2, -0.15) is 0 Å². The molecule has 0 saturated carbocycles. The van der Waals surface area contributed by atoms with Gasteiger partial charge < -0.3 is 15.0 Å². The third-order valence-corrected chi connectivity index (χ3v) is 3.40. The molecule has 2 N–H and O–H groups in total. The molecule has 0 aliphatic carbocycles. The highest BCUT2D eigenvalue weighted by atomic mass is 19.1. The van der Waals surface area contributed by atoms with Crippen molar-refractivity contribution in [3.63, 3.8) is 0 Å². The fraction of sp³-hybridized carbons (Fsp3) is 0.133. The number of halogens is 1. The largest absolute Gasteiger partial charge is 0.491 e. The smallest absolute Gasteiger partial charge is 0.423 e. The van der Waals surface area contributed by atoms with Gasteiger partial charge in [0.1, 0.15) is 5.82 Å². The first-order valence-corrected chi connectivity index (χ1v) is 6.63. The van der Waals surface area contributed by atoms with Crippen LogP contribution in [0.5, 0.6) is 0 Å². The van der Waals surface area contributed by atoms with E-state index < -0.39 is 18.8 Å². The van der Waals surface area contributed by atoms with Crippen LogP contribution in [-0.4, -0.2) is 24.7 Å². The second-order valence-corrected chi connectivity index (χ2v) is 4.85. The zero-order valence-corrected chi connectivity index (χ0v) is 11.2. The molecule has 0 aromatic heterocycles. The monoisotopic (exact) mass is 285 g/mol. The van der Waals surface area contributed by atoms with E-state index in [2.05, 4.69) is 5.32 Å². The number of carbonyl (C=O) groups is 1. The zero-order chi connectivity index (χ0) is 14.8. The second-order valence-electron chi connectivity index (χ2n) is 4.85.